The van der Waals surface area contributed by atoms with Crippen molar-refractivity contribution in [2.45, 2.75) is 58.0 Å². The van der Waals surface area contributed by atoms with Crippen LogP contribution in [-0.4, -0.2) is 6.04 Å². The van der Waals surface area contributed by atoms with Crippen LogP contribution in [0.1, 0.15) is 56.7 Å². The normalized spacial score (nSPS) is 29.5. The van der Waals surface area contributed by atoms with Crippen molar-refractivity contribution in [1.29, 1.82) is 0 Å². The Balaban J connectivity index is 1.72. The van der Waals surface area contributed by atoms with Gasteiger partial charge in [0.1, 0.15) is 5.82 Å². The molecule has 0 aromatic heterocycles. The van der Waals surface area contributed by atoms with Gasteiger partial charge in [0.05, 0.1) is 0 Å². The molecule has 0 amide bonds. The van der Waals surface area contributed by atoms with Crippen LogP contribution in [0.25, 0.3) is 0 Å². The van der Waals surface area contributed by atoms with E-state index in [1.165, 1.54) is 24.8 Å². The average Bonchev–Trinajstić information content (AvgIpc) is 2.85. The summed E-state index contributed by atoms with van der Waals surface area (Å²) in [6.45, 7) is 4.69. The fraction of sp³-hybridized carbons (Fsp3) is 0.625. The van der Waals surface area contributed by atoms with Crippen LogP contribution in [-0.2, 0) is 6.42 Å². The molecule has 0 saturated heterocycles. The van der Waals surface area contributed by atoms with E-state index in [1.54, 1.807) is 6.07 Å². The second-order valence-corrected chi connectivity index (χ2v) is 6.67. The van der Waals surface area contributed by atoms with Crippen LogP contribution in [0.3, 0.4) is 0 Å². The standard InChI is InChI=1S/C16H22FN/c1-16(2)9-8-11(10-16)18-15-7-6-12-13(15)4-3-5-14(12)17/h3-5,11,15,18H,6-10H2,1-2H3. The molecule has 0 aliphatic heterocycles. The number of halogens is 1. The van der Waals surface area contributed by atoms with Gasteiger partial charge in [-0.1, -0.05) is 26.0 Å². The summed E-state index contributed by atoms with van der Waals surface area (Å²) in [6, 6.07) is 6.49. The van der Waals surface area contributed by atoms with Gasteiger partial charge in [-0.25, -0.2) is 4.39 Å². The molecule has 0 bridgehead atoms. The van der Waals surface area contributed by atoms with E-state index in [4.69, 9.17) is 0 Å². The third kappa shape index (κ3) is 2.18. The summed E-state index contributed by atoms with van der Waals surface area (Å²) < 4.78 is 13.7. The maximum Gasteiger partial charge on any atom is 0.126 e. The summed E-state index contributed by atoms with van der Waals surface area (Å²) in [6.07, 6.45) is 5.73. The van der Waals surface area contributed by atoms with Gasteiger partial charge in [0, 0.05) is 12.1 Å². The molecule has 1 saturated carbocycles. The van der Waals surface area contributed by atoms with E-state index >= 15 is 0 Å². The number of hydrogen-bond acceptors (Lipinski definition) is 1. The second-order valence-electron chi connectivity index (χ2n) is 6.67. The molecule has 3 rings (SSSR count). The molecule has 18 heavy (non-hydrogen) atoms. The van der Waals surface area contributed by atoms with Gasteiger partial charge in [-0.2, -0.15) is 0 Å². The SMILES string of the molecule is CC1(C)CCC(NC2CCc3c(F)cccc32)C1. The number of hydrogen-bond donors (Lipinski definition) is 1. The Morgan fingerprint density at radius 3 is 2.83 bits per heavy atom. The minimum atomic E-state index is -0.0245. The van der Waals surface area contributed by atoms with Crippen molar-refractivity contribution < 1.29 is 4.39 Å². The van der Waals surface area contributed by atoms with Crippen molar-refractivity contribution in [2.75, 3.05) is 0 Å². The Morgan fingerprint density at radius 2 is 2.11 bits per heavy atom. The van der Waals surface area contributed by atoms with E-state index in [0.717, 1.165) is 18.4 Å². The van der Waals surface area contributed by atoms with Gasteiger partial charge in [0.2, 0.25) is 0 Å². The first-order valence-electron chi connectivity index (χ1n) is 7.08. The molecule has 2 atom stereocenters. The van der Waals surface area contributed by atoms with Gasteiger partial charge in [-0.15, -0.1) is 0 Å². The summed E-state index contributed by atoms with van der Waals surface area (Å²) in [5.41, 5.74) is 2.60. The van der Waals surface area contributed by atoms with Crippen LogP contribution in [0.2, 0.25) is 0 Å². The third-order valence-electron chi connectivity index (χ3n) is 4.62. The number of fused-ring (bicyclic) bond motifs is 1. The van der Waals surface area contributed by atoms with Crippen molar-refractivity contribution in [3.05, 3.63) is 35.1 Å². The molecule has 0 spiro atoms. The lowest BCUT2D eigenvalue weighted by Gasteiger charge is -2.22. The zero-order valence-corrected chi connectivity index (χ0v) is 11.3. The van der Waals surface area contributed by atoms with Crippen LogP contribution in [0.15, 0.2) is 18.2 Å². The van der Waals surface area contributed by atoms with E-state index in [2.05, 4.69) is 25.2 Å². The van der Waals surface area contributed by atoms with Crippen LogP contribution in [0.4, 0.5) is 4.39 Å². The molecule has 1 fully saturated rings. The fourth-order valence-electron chi connectivity index (χ4n) is 3.65. The van der Waals surface area contributed by atoms with Crippen LogP contribution in [0, 0.1) is 11.2 Å². The van der Waals surface area contributed by atoms with Gasteiger partial charge in [0.25, 0.3) is 0 Å². The molecule has 2 aliphatic carbocycles. The van der Waals surface area contributed by atoms with Gasteiger partial charge in [-0.3, -0.25) is 0 Å². The molecule has 1 aromatic carbocycles. The molecule has 0 heterocycles. The lowest BCUT2D eigenvalue weighted by Crippen LogP contribution is -2.30. The lowest BCUT2D eigenvalue weighted by molar-refractivity contribution is 0.352. The van der Waals surface area contributed by atoms with Gasteiger partial charge in [0.15, 0.2) is 0 Å². The highest BCUT2D eigenvalue weighted by molar-refractivity contribution is 5.35. The largest absolute Gasteiger partial charge is 0.307 e. The third-order valence-corrected chi connectivity index (χ3v) is 4.62. The smallest absolute Gasteiger partial charge is 0.126 e. The van der Waals surface area contributed by atoms with Crippen molar-refractivity contribution in [3.63, 3.8) is 0 Å². The molecule has 2 unspecified atom stereocenters. The molecule has 0 radical (unpaired) electrons. The molecular formula is C16H22FN. The summed E-state index contributed by atoms with van der Waals surface area (Å²) in [5.74, 6) is -0.0245. The Hall–Kier alpha value is -0.890. The highest BCUT2D eigenvalue weighted by Gasteiger charge is 2.34. The highest BCUT2D eigenvalue weighted by atomic mass is 19.1. The van der Waals surface area contributed by atoms with Crippen molar-refractivity contribution in [2.24, 2.45) is 5.41 Å². The quantitative estimate of drug-likeness (QED) is 0.833. The molecule has 1 nitrogen and oxygen atoms in total. The van der Waals surface area contributed by atoms with E-state index in [-0.39, 0.29) is 5.82 Å². The summed E-state index contributed by atoms with van der Waals surface area (Å²) in [7, 11) is 0. The summed E-state index contributed by atoms with van der Waals surface area (Å²) >= 11 is 0. The zero-order valence-electron chi connectivity index (χ0n) is 11.3. The van der Waals surface area contributed by atoms with E-state index in [9.17, 15) is 4.39 Å². The number of nitrogens with one attached hydrogen (secondary N) is 1. The molecule has 2 heteroatoms. The Kier molecular flexibility index (Phi) is 2.93. The van der Waals surface area contributed by atoms with Gasteiger partial charge >= 0.3 is 0 Å². The lowest BCUT2D eigenvalue weighted by atomic mass is 9.91. The van der Waals surface area contributed by atoms with Gasteiger partial charge < -0.3 is 5.32 Å². The maximum atomic E-state index is 13.7. The van der Waals surface area contributed by atoms with E-state index in [0.29, 0.717) is 17.5 Å². The topological polar surface area (TPSA) is 12.0 Å². The Bertz CT molecular complexity index is 452. The van der Waals surface area contributed by atoms with Crippen LogP contribution < -0.4 is 5.32 Å². The molecule has 1 aromatic rings. The molecule has 98 valence electrons. The minimum Gasteiger partial charge on any atom is -0.307 e. The average molecular weight is 247 g/mol. The number of benzene rings is 1. The molecular weight excluding hydrogens is 225 g/mol. The van der Waals surface area contributed by atoms with Crippen LogP contribution in [0.5, 0.6) is 0 Å². The summed E-state index contributed by atoms with van der Waals surface area (Å²) in [4.78, 5) is 0. The van der Waals surface area contributed by atoms with Crippen molar-refractivity contribution in [3.8, 4) is 0 Å². The Labute approximate surface area is 109 Å². The molecule has 1 N–H and O–H groups in total. The van der Waals surface area contributed by atoms with Crippen LogP contribution >= 0.6 is 0 Å². The van der Waals surface area contributed by atoms with Gasteiger partial charge in [-0.05, 0) is 54.7 Å². The minimum absolute atomic E-state index is 0.0245. The van der Waals surface area contributed by atoms with E-state index < -0.39 is 0 Å². The summed E-state index contributed by atoms with van der Waals surface area (Å²) in [5, 5.41) is 3.75. The first-order chi connectivity index (χ1) is 8.55. The predicted octanol–water partition coefficient (Wildman–Crippen LogP) is 3.98. The zero-order chi connectivity index (χ0) is 12.8. The van der Waals surface area contributed by atoms with Crippen molar-refractivity contribution in [1.82, 2.24) is 5.32 Å². The maximum absolute atomic E-state index is 13.7. The molecule has 2 aliphatic rings. The van der Waals surface area contributed by atoms with Crippen molar-refractivity contribution >= 4 is 0 Å². The predicted molar refractivity (Wildman–Crippen MR) is 72.0 cm³/mol. The second kappa shape index (κ2) is 4.34. The van der Waals surface area contributed by atoms with E-state index in [1.807, 2.05) is 6.07 Å². The Morgan fingerprint density at radius 1 is 1.28 bits per heavy atom. The first kappa shape index (κ1) is 12.2. The first-order valence-corrected chi connectivity index (χ1v) is 7.08. The fourth-order valence-corrected chi connectivity index (χ4v) is 3.65. The number of rotatable bonds is 2. The highest BCUT2D eigenvalue weighted by Crippen LogP contribution is 2.40. The monoisotopic (exact) mass is 247 g/mol.